The number of nitrogens with zero attached hydrogens (tertiary/aromatic N) is 3. The van der Waals surface area contributed by atoms with Gasteiger partial charge in [0.15, 0.2) is 0 Å². The van der Waals surface area contributed by atoms with E-state index in [4.69, 9.17) is 0 Å². The van der Waals surface area contributed by atoms with Crippen LogP contribution in [-0.4, -0.2) is 0 Å². The van der Waals surface area contributed by atoms with Crippen LogP contribution in [0.25, 0.3) is 47.3 Å². The maximum Gasteiger partial charge on any atom is 0.0561 e. The highest BCUT2D eigenvalue weighted by atomic mass is 32.1. The van der Waals surface area contributed by atoms with Gasteiger partial charge in [0.25, 0.3) is 0 Å². The van der Waals surface area contributed by atoms with E-state index in [1.807, 2.05) is 17.4 Å². The third-order valence-corrected chi connectivity index (χ3v) is 16.4. The molecule has 0 saturated heterocycles. The van der Waals surface area contributed by atoms with Crippen LogP contribution >= 0.6 is 11.3 Å². The number of allylic oxidation sites excluding steroid dienone is 5. The lowest BCUT2D eigenvalue weighted by molar-refractivity contribution is 0.590. The molecule has 0 bridgehead atoms. The number of anilines is 9. The van der Waals surface area contributed by atoms with Crippen LogP contribution in [-0.2, 0) is 10.8 Å². The van der Waals surface area contributed by atoms with Gasteiger partial charge in [0.2, 0.25) is 0 Å². The maximum atomic E-state index is 3.97. The van der Waals surface area contributed by atoms with Crippen LogP contribution in [0.1, 0.15) is 58.2 Å². The predicted octanol–water partition coefficient (Wildman–Crippen LogP) is 20.9. The molecule has 4 heteroatoms. The van der Waals surface area contributed by atoms with Crippen molar-refractivity contribution in [3.8, 4) is 0 Å². The van der Waals surface area contributed by atoms with E-state index >= 15 is 0 Å². The normalized spacial score (nSPS) is 13.3. The average Bonchev–Trinajstić information content (AvgIpc) is 3.87. The van der Waals surface area contributed by atoms with Crippen LogP contribution < -0.4 is 14.7 Å². The Kier molecular flexibility index (Phi) is 11.7. The van der Waals surface area contributed by atoms with E-state index in [1.165, 1.54) is 64.2 Å². The minimum Gasteiger partial charge on any atom is -0.310 e. The number of rotatable bonds is 11. The van der Waals surface area contributed by atoms with Crippen LogP contribution in [0, 0.1) is 0 Å². The summed E-state index contributed by atoms with van der Waals surface area (Å²) in [5, 5.41) is 7.19. The van der Waals surface area contributed by atoms with Crippen molar-refractivity contribution in [2.24, 2.45) is 0 Å². The van der Waals surface area contributed by atoms with Crippen molar-refractivity contribution in [2.75, 3.05) is 14.7 Å². The summed E-state index contributed by atoms with van der Waals surface area (Å²) in [7, 11) is 0. The monoisotopic (exact) mass is 973 g/mol. The van der Waals surface area contributed by atoms with Gasteiger partial charge in [0.05, 0.1) is 11.4 Å². The van der Waals surface area contributed by atoms with Gasteiger partial charge in [0.1, 0.15) is 0 Å². The average molecular weight is 974 g/mol. The summed E-state index contributed by atoms with van der Waals surface area (Å²) in [6.07, 6.45) is 6.13. The Morgan fingerprint density at radius 1 is 0.446 bits per heavy atom. The summed E-state index contributed by atoms with van der Waals surface area (Å²) in [6.45, 7) is 17.8. The number of benzene rings is 10. The van der Waals surface area contributed by atoms with Gasteiger partial charge in [-0.15, -0.1) is 11.3 Å². The zero-order valence-electron chi connectivity index (χ0n) is 43.0. The summed E-state index contributed by atoms with van der Waals surface area (Å²) >= 11 is 1.86. The van der Waals surface area contributed by atoms with Gasteiger partial charge in [-0.05, 0) is 142 Å². The van der Waals surface area contributed by atoms with Crippen molar-refractivity contribution < 1.29 is 0 Å². The molecule has 1 aromatic heterocycles. The highest BCUT2D eigenvalue weighted by molar-refractivity contribution is 7.25. The molecular weight excluding hydrogens is 915 g/mol. The molecule has 0 aliphatic heterocycles. The van der Waals surface area contributed by atoms with Crippen molar-refractivity contribution in [3.63, 3.8) is 0 Å². The SMILES string of the molecule is C=C/C=C\C1=C(C)C(C)(C)c2cc(N(c3cccc(C(C)(C)C)c3)c3ccc4c(c3)sc3ccc(N(c5cccc6ccccc56)c5cc(N(c6ccccc6)c6ccccc6)cc6ccccc56)cc34)ccc21. The van der Waals surface area contributed by atoms with Crippen LogP contribution in [0.4, 0.5) is 51.2 Å². The largest absolute Gasteiger partial charge is 0.310 e. The smallest absolute Gasteiger partial charge is 0.0561 e. The van der Waals surface area contributed by atoms with E-state index in [9.17, 15) is 0 Å². The minimum atomic E-state index is -0.130. The Morgan fingerprint density at radius 3 is 1.76 bits per heavy atom. The first-order chi connectivity index (χ1) is 36.0. The lowest BCUT2D eigenvalue weighted by Gasteiger charge is -2.31. The van der Waals surface area contributed by atoms with Gasteiger partial charge >= 0.3 is 0 Å². The van der Waals surface area contributed by atoms with E-state index in [-0.39, 0.29) is 10.8 Å². The molecule has 1 heterocycles. The minimum absolute atomic E-state index is 0.0150. The van der Waals surface area contributed by atoms with E-state index < -0.39 is 0 Å². The summed E-state index contributed by atoms with van der Waals surface area (Å²) in [6, 6.07) is 80.7. The molecule has 11 aromatic rings. The molecule has 12 rings (SSSR count). The van der Waals surface area contributed by atoms with Crippen LogP contribution in [0.15, 0.2) is 249 Å². The second kappa shape index (κ2) is 18.6. The second-order valence-corrected chi connectivity index (χ2v) is 22.2. The third kappa shape index (κ3) is 8.16. The van der Waals surface area contributed by atoms with E-state index in [0.717, 1.165) is 56.6 Å². The Morgan fingerprint density at radius 2 is 1.03 bits per heavy atom. The fraction of sp³-hybridized carbons (Fsp3) is 0.114. The second-order valence-electron chi connectivity index (χ2n) is 21.1. The summed E-state index contributed by atoms with van der Waals surface area (Å²) < 4.78 is 2.49. The number of thiophene rings is 1. The lowest BCUT2D eigenvalue weighted by Crippen LogP contribution is -2.17. The summed E-state index contributed by atoms with van der Waals surface area (Å²) in [4.78, 5) is 7.32. The molecule has 0 radical (unpaired) electrons. The highest BCUT2D eigenvalue weighted by Gasteiger charge is 2.35. The molecule has 74 heavy (non-hydrogen) atoms. The number of hydrogen-bond acceptors (Lipinski definition) is 4. The Bertz CT molecular complexity index is 3970. The van der Waals surface area contributed by atoms with E-state index in [2.05, 4.69) is 293 Å². The van der Waals surface area contributed by atoms with Crippen molar-refractivity contribution in [2.45, 2.75) is 52.4 Å². The van der Waals surface area contributed by atoms with Gasteiger partial charge in [0, 0.05) is 76.2 Å². The van der Waals surface area contributed by atoms with Crippen LogP contribution in [0.2, 0.25) is 0 Å². The zero-order chi connectivity index (χ0) is 50.7. The Balaban J connectivity index is 1.04. The molecule has 3 nitrogen and oxygen atoms in total. The van der Waals surface area contributed by atoms with Gasteiger partial charge in [-0.25, -0.2) is 0 Å². The molecule has 0 saturated carbocycles. The van der Waals surface area contributed by atoms with Crippen molar-refractivity contribution in [3.05, 3.63) is 265 Å². The predicted molar refractivity (Wildman–Crippen MR) is 322 cm³/mol. The molecule has 0 amide bonds. The highest BCUT2D eigenvalue weighted by Crippen LogP contribution is 2.51. The van der Waals surface area contributed by atoms with Gasteiger partial charge in [-0.2, -0.15) is 0 Å². The van der Waals surface area contributed by atoms with Crippen LogP contribution in [0.3, 0.4) is 0 Å². The standard InChI is InChI=1S/C70H59N3S/c1-8-9-31-58-47(2)70(6,7)64-44-55(35-38-61(58)64)72(53-30-21-25-50(42-53)69(3,4)5)56-36-39-62-63-43-54(37-40-67(63)74-68(62)46-56)73(65-34-20-24-48-22-16-18-32-59(48)65)66-45-57(41-49-23-17-19-33-60(49)66)71(51-26-12-10-13-27-51)52-28-14-11-15-29-52/h8-46H,1H2,2-7H3/b31-9-. The molecule has 0 spiro atoms. The molecule has 1 aliphatic rings. The van der Waals surface area contributed by atoms with Gasteiger partial charge in [-0.1, -0.05) is 186 Å². The zero-order valence-corrected chi connectivity index (χ0v) is 43.8. The van der Waals surface area contributed by atoms with Gasteiger partial charge in [-0.3, -0.25) is 0 Å². The number of hydrogen-bond donors (Lipinski definition) is 0. The summed E-state index contributed by atoms with van der Waals surface area (Å²) in [5.41, 5.74) is 16.5. The first-order valence-electron chi connectivity index (χ1n) is 25.7. The quantitative estimate of drug-likeness (QED) is 0.120. The van der Waals surface area contributed by atoms with Crippen molar-refractivity contribution in [1.29, 1.82) is 0 Å². The molecule has 0 atom stereocenters. The Labute approximate surface area is 439 Å². The van der Waals surface area contributed by atoms with Crippen molar-refractivity contribution >= 4 is 110 Å². The van der Waals surface area contributed by atoms with Crippen LogP contribution in [0.5, 0.6) is 0 Å². The Hall–Kier alpha value is -8.44. The molecule has 0 unspecified atom stereocenters. The lowest BCUT2D eigenvalue weighted by atomic mass is 9.81. The number of para-hydroxylation sites is 2. The fourth-order valence-electron chi connectivity index (χ4n) is 11.1. The van der Waals surface area contributed by atoms with Crippen molar-refractivity contribution in [1.82, 2.24) is 0 Å². The fourth-order valence-corrected chi connectivity index (χ4v) is 12.3. The first-order valence-corrected chi connectivity index (χ1v) is 26.5. The molecular formula is C70H59N3S. The molecule has 1 aliphatic carbocycles. The maximum absolute atomic E-state index is 3.97. The van der Waals surface area contributed by atoms with E-state index in [1.54, 1.807) is 0 Å². The molecule has 10 aromatic carbocycles. The molecule has 0 N–H and O–H groups in total. The van der Waals surface area contributed by atoms with E-state index in [0.29, 0.717) is 0 Å². The number of fused-ring (bicyclic) bond motifs is 6. The molecule has 360 valence electrons. The topological polar surface area (TPSA) is 9.72 Å². The van der Waals surface area contributed by atoms with Gasteiger partial charge < -0.3 is 14.7 Å². The molecule has 0 fully saturated rings. The summed E-state index contributed by atoms with van der Waals surface area (Å²) in [5.74, 6) is 0. The third-order valence-electron chi connectivity index (χ3n) is 15.3. The first kappa shape index (κ1) is 46.6.